The number of rotatable bonds is 0. The molecule has 4 aromatic rings. The van der Waals surface area contributed by atoms with Crippen LogP contribution in [0.15, 0.2) is 84.9 Å². The van der Waals surface area contributed by atoms with Gasteiger partial charge in [0.15, 0.2) is 0 Å². The second-order valence-corrected chi connectivity index (χ2v) is 9.07. The largest absolute Gasteiger partial charge is 0.0680 e. The second-order valence-electron chi connectivity index (χ2n) is 9.07. The highest BCUT2D eigenvalue weighted by Gasteiger charge is 2.53. The molecule has 0 bridgehead atoms. The van der Waals surface area contributed by atoms with Gasteiger partial charge in [-0.25, -0.2) is 0 Å². The standard InChI is InChI=1S/C30H22/c1-18-11-13-21-24-14-12-19(2)20-15-16-30(29(28(20)24)25(21)17-18)26-9-5-3-7-22(26)23-8-4-6-10-27(23)30/h3-17,29H,1-2H3. The van der Waals surface area contributed by atoms with Crippen molar-refractivity contribution in [1.29, 1.82) is 0 Å². The zero-order valence-corrected chi connectivity index (χ0v) is 17.2. The van der Waals surface area contributed by atoms with Crippen LogP contribution in [0, 0.1) is 13.8 Å². The van der Waals surface area contributed by atoms with Crippen LogP contribution in [-0.4, -0.2) is 0 Å². The molecule has 0 amide bonds. The van der Waals surface area contributed by atoms with Gasteiger partial charge in [-0.05, 0) is 69.5 Å². The van der Waals surface area contributed by atoms with Crippen LogP contribution >= 0.6 is 0 Å². The fourth-order valence-corrected chi connectivity index (χ4v) is 6.41. The van der Waals surface area contributed by atoms with Crippen LogP contribution < -0.4 is 0 Å². The molecule has 142 valence electrons. The number of benzene rings is 4. The maximum atomic E-state index is 2.51. The number of fused-ring (bicyclic) bond motifs is 9. The fraction of sp³-hybridized carbons (Fsp3) is 0.133. The molecule has 3 aliphatic carbocycles. The van der Waals surface area contributed by atoms with Crippen molar-refractivity contribution in [3.05, 3.63) is 124 Å². The molecule has 7 rings (SSSR count). The summed E-state index contributed by atoms with van der Waals surface area (Å²) in [5, 5.41) is 0. The van der Waals surface area contributed by atoms with Gasteiger partial charge in [-0.3, -0.25) is 0 Å². The summed E-state index contributed by atoms with van der Waals surface area (Å²) in [5.41, 5.74) is 15.5. The van der Waals surface area contributed by atoms with Crippen LogP contribution in [0.3, 0.4) is 0 Å². The zero-order chi connectivity index (χ0) is 20.0. The lowest BCUT2D eigenvalue weighted by molar-refractivity contribution is 0.575. The highest BCUT2D eigenvalue weighted by atomic mass is 14.5. The molecule has 1 unspecified atom stereocenters. The molecular weight excluding hydrogens is 360 g/mol. The Kier molecular flexibility index (Phi) is 2.96. The molecule has 0 aliphatic heterocycles. The van der Waals surface area contributed by atoms with Crippen molar-refractivity contribution in [3.8, 4) is 22.3 Å². The summed E-state index contributed by atoms with van der Waals surface area (Å²) < 4.78 is 0. The average molecular weight is 383 g/mol. The smallest absolute Gasteiger partial charge is 0.0507 e. The minimum absolute atomic E-state index is 0.151. The zero-order valence-electron chi connectivity index (χ0n) is 17.2. The van der Waals surface area contributed by atoms with Gasteiger partial charge in [0, 0.05) is 5.92 Å². The molecule has 0 fully saturated rings. The van der Waals surface area contributed by atoms with E-state index in [9.17, 15) is 0 Å². The highest BCUT2D eigenvalue weighted by molar-refractivity contribution is 5.92. The van der Waals surface area contributed by atoms with Gasteiger partial charge in [0.2, 0.25) is 0 Å². The molecule has 0 heteroatoms. The number of aryl methyl sites for hydroxylation is 2. The van der Waals surface area contributed by atoms with Gasteiger partial charge in [-0.15, -0.1) is 0 Å². The summed E-state index contributed by atoms with van der Waals surface area (Å²) in [6.07, 6.45) is 4.92. The molecule has 0 saturated carbocycles. The van der Waals surface area contributed by atoms with Gasteiger partial charge >= 0.3 is 0 Å². The summed E-state index contributed by atoms with van der Waals surface area (Å²) in [6.45, 7) is 4.47. The van der Waals surface area contributed by atoms with Crippen LogP contribution in [0.5, 0.6) is 0 Å². The number of hydrogen-bond donors (Lipinski definition) is 0. The van der Waals surface area contributed by atoms with Crippen LogP contribution in [0.2, 0.25) is 0 Å². The molecule has 0 heterocycles. The molecule has 0 radical (unpaired) electrons. The van der Waals surface area contributed by atoms with E-state index >= 15 is 0 Å². The lowest BCUT2D eigenvalue weighted by atomic mass is 9.61. The number of hydrogen-bond acceptors (Lipinski definition) is 0. The van der Waals surface area contributed by atoms with Crippen molar-refractivity contribution in [2.45, 2.75) is 25.2 Å². The van der Waals surface area contributed by atoms with Crippen molar-refractivity contribution in [1.82, 2.24) is 0 Å². The average Bonchev–Trinajstić information content (AvgIpc) is 3.25. The summed E-state index contributed by atoms with van der Waals surface area (Å²) in [5.74, 6) is 0.312. The van der Waals surface area contributed by atoms with Gasteiger partial charge in [0.05, 0.1) is 5.41 Å². The van der Waals surface area contributed by atoms with Crippen molar-refractivity contribution in [2.75, 3.05) is 0 Å². The van der Waals surface area contributed by atoms with Crippen LogP contribution in [0.4, 0.5) is 0 Å². The molecular formula is C30H22. The maximum absolute atomic E-state index is 2.51. The predicted octanol–water partition coefficient (Wildman–Crippen LogP) is 7.41. The molecule has 0 N–H and O–H groups in total. The maximum Gasteiger partial charge on any atom is 0.0507 e. The van der Waals surface area contributed by atoms with E-state index < -0.39 is 0 Å². The highest BCUT2D eigenvalue weighted by Crippen LogP contribution is 2.65. The first-order valence-electron chi connectivity index (χ1n) is 10.8. The molecule has 1 spiro atoms. The summed E-state index contributed by atoms with van der Waals surface area (Å²) >= 11 is 0. The van der Waals surface area contributed by atoms with Gasteiger partial charge in [0.1, 0.15) is 0 Å². The van der Waals surface area contributed by atoms with Crippen LogP contribution in [0.1, 0.15) is 44.9 Å². The monoisotopic (exact) mass is 382 g/mol. The Morgan fingerprint density at radius 3 is 2.07 bits per heavy atom. The molecule has 1 atom stereocenters. The first-order chi connectivity index (χ1) is 14.7. The third-order valence-corrected chi connectivity index (χ3v) is 7.61. The molecule has 0 nitrogen and oxygen atoms in total. The third kappa shape index (κ3) is 1.75. The van der Waals surface area contributed by atoms with Crippen molar-refractivity contribution in [3.63, 3.8) is 0 Å². The van der Waals surface area contributed by atoms with E-state index in [-0.39, 0.29) is 5.41 Å². The van der Waals surface area contributed by atoms with Crippen LogP contribution in [-0.2, 0) is 5.41 Å². The van der Waals surface area contributed by atoms with E-state index in [2.05, 4.69) is 105 Å². The van der Waals surface area contributed by atoms with Gasteiger partial charge in [-0.2, -0.15) is 0 Å². The minimum Gasteiger partial charge on any atom is -0.0680 e. The molecule has 30 heavy (non-hydrogen) atoms. The Morgan fingerprint density at radius 1 is 0.667 bits per heavy atom. The predicted molar refractivity (Wildman–Crippen MR) is 125 cm³/mol. The lowest BCUT2D eigenvalue weighted by Gasteiger charge is -2.40. The second kappa shape index (κ2) is 5.40. The SMILES string of the molecule is Cc1ccc2c(c1)C1c3c-2ccc(C)c3C=CC12c1ccccc1-c1ccccc12. The Hall–Kier alpha value is -3.38. The van der Waals surface area contributed by atoms with E-state index in [1.165, 1.54) is 61.2 Å². The first-order valence-corrected chi connectivity index (χ1v) is 10.8. The Bertz CT molecular complexity index is 1370. The van der Waals surface area contributed by atoms with Gasteiger partial charge in [0.25, 0.3) is 0 Å². The van der Waals surface area contributed by atoms with E-state index in [0.29, 0.717) is 5.92 Å². The normalized spacial score (nSPS) is 18.1. The van der Waals surface area contributed by atoms with Crippen molar-refractivity contribution >= 4 is 6.08 Å². The Morgan fingerprint density at radius 2 is 1.33 bits per heavy atom. The summed E-state index contributed by atoms with van der Waals surface area (Å²) in [7, 11) is 0. The summed E-state index contributed by atoms with van der Waals surface area (Å²) in [4.78, 5) is 0. The van der Waals surface area contributed by atoms with E-state index in [1.54, 1.807) is 0 Å². The van der Waals surface area contributed by atoms with Crippen LogP contribution in [0.25, 0.3) is 28.3 Å². The molecule has 0 aromatic heterocycles. The third-order valence-electron chi connectivity index (χ3n) is 7.61. The quantitative estimate of drug-likeness (QED) is 0.297. The lowest BCUT2D eigenvalue weighted by Crippen LogP contribution is -2.33. The molecule has 0 saturated heterocycles. The van der Waals surface area contributed by atoms with E-state index in [1.807, 2.05) is 0 Å². The van der Waals surface area contributed by atoms with Gasteiger partial charge < -0.3 is 0 Å². The fourth-order valence-electron chi connectivity index (χ4n) is 6.41. The van der Waals surface area contributed by atoms with E-state index in [4.69, 9.17) is 0 Å². The number of allylic oxidation sites excluding steroid dienone is 1. The molecule has 3 aliphatic rings. The van der Waals surface area contributed by atoms with Crippen molar-refractivity contribution in [2.24, 2.45) is 0 Å². The topological polar surface area (TPSA) is 0 Å². The minimum atomic E-state index is -0.151. The first kappa shape index (κ1) is 16.4. The van der Waals surface area contributed by atoms with Gasteiger partial charge in [-0.1, -0.05) is 96.6 Å². The van der Waals surface area contributed by atoms with Crippen molar-refractivity contribution < 1.29 is 0 Å². The van der Waals surface area contributed by atoms with E-state index in [0.717, 1.165) is 0 Å². The molecule has 4 aromatic carbocycles. The Labute approximate surface area is 177 Å². The Balaban J connectivity index is 1.67. The summed E-state index contributed by atoms with van der Waals surface area (Å²) in [6, 6.07) is 29.8.